The summed E-state index contributed by atoms with van der Waals surface area (Å²) in [6.07, 6.45) is 3.24. The molecule has 1 aromatic carbocycles. The van der Waals surface area contributed by atoms with E-state index in [-0.39, 0.29) is 25.3 Å². The van der Waals surface area contributed by atoms with Gasteiger partial charge in [-0.15, -0.1) is 0 Å². The van der Waals surface area contributed by atoms with E-state index in [9.17, 15) is 22.8 Å². The molecule has 0 bridgehead atoms. The molecule has 1 heterocycles. The van der Waals surface area contributed by atoms with E-state index in [2.05, 4.69) is 0 Å². The fourth-order valence-corrected chi connectivity index (χ4v) is 3.78. The summed E-state index contributed by atoms with van der Waals surface area (Å²) in [5.41, 5.74) is 0.416. The number of halogens is 3. The summed E-state index contributed by atoms with van der Waals surface area (Å²) in [5, 5.41) is 0. The van der Waals surface area contributed by atoms with Gasteiger partial charge < -0.3 is 14.4 Å². The zero-order chi connectivity index (χ0) is 21.9. The third-order valence-electron chi connectivity index (χ3n) is 5.42. The van der Waals surface area contributed by atoms with Gasteiger partial charge in [-0.25, -0.2) is 0 Å². The van der Waals surface area contributed by atoms with Crippen molar-refractivity contribution in [2.24, 2.45) is 0 Å². The van der Waals surface area contributed by atoms with E-state index in [1.807, 2.05) is 6.92 Å². The van der Waals surface area contributed by atoms with E-state index in [1.54, 1.807) is 24.3 Å². The summed E-state index contributed by atoms with van der Waals surface area (Å²) in [7, 11) is 1.46. The third-order valence-corrected chi connectivity index (χ3v) is 5.42. The Balaban J connectivity index is 2.09. The largest absolute Gasteiger partial charge is 0.493 e. The zero-order valence-corrected chi connectivity index (χ0v) is 16.9. The number of fused-ring (bicyclic) bond motifs is 2. The maximum absolute atomic E-state index is 13.1. The molecular formula is C22H24F3NO4. The Morgan fingerprint density at radius 1 is 1.20 bits per heavy atom. The lowest BCUT2D eigenvalue weighted by molar-refractivity contribution is -0.186. The summed E-state index contributed by atoms with van der Waals surface area (Å²) in [4.78, 5) is 24.5. The van der Waals surface area contributed by atoms with E-state index in [0.29, 0.717) is 29.2 Å². The molecule has 0 saturated carbocycles. The van der Waals surface area contributed by atoms with Crippen molar-refractivity contribution >= 4 is 11.7 Å². The molecule has 0 N–H and O–H groups in total. The fraction of sp³-hybridized carbons (Fsp3) is 0.455. The van der Waals surface area contributed by atoms with E-state index < -0.39 is 17.5 Å². The number of rotatable bonds is 5. The van der Waals surface area contributed by atoms with Crippen LogP contribution in [0.25, 0.3) is 0 Å². The van der Waals surface area contributed by atoms with Gasteiger partial charge in [0.2, 0.25) is 0 Å². The normalized spacial score (nSPS) is 17.6. The number of methoxy groups -OCH3 is 1. The van der Waals surface area contributed by atoms with E-state index in [4.69, 9.17) is 9.47 Å². The van der Waals surface area contributed by atoms with Gasteiger partial charge in [-0.1, -0.05) is 25.5 Å². The SMILES string of the molecule is CCCCOc1cc2c(cc1OC)CN(C(=O)C(F)(F)F)CCC21C=CC(=O)C=C1. The number of carbonyl (C=O) groups excluding carboxylic acids is 2. The number of allylic oxidation sites excluding steroid dienone is 4. The summed E-state index contributed by atoms with van der Waals surface area (Å²) < 4.78 is 50.6. The molecule has 0 aromatic heterocycles. The quantitative estimate of drug-likeness (QED) is 0.669. The molecule has 0 saturated heterocycles. The van der Waals surface area contributed by atoms with Crippen LogP contribution >= 0.6 is 0 Å². The molecule has 0 radical (unpaired) electrons. The summed E-state index contributed by atoms with van der Waals surface area (Å²) in [6.45, 7) is 2.19. The molecular weight excluding hydrogens is 399 g/mol. The van der Waals surface area contributed by atoms with Crippen molar-refractivity contribution in [1.29, 1.82) is 0 Å². The number of ketones is 1. The minimum Gasteiger partial charge on any atom is -0.493 e. The molecule has 5 nitrogen and oxygen atoms in total. The molecule has 162 valence electrons. The number of benzene rings is 1. The van der Waals surface area contributed by atoms with Crippen molar-refractivity contribution in [3.05, 3.63) is 47.6 Å². The second kappa shape index (κ2) is 8.53. The summed E-state index contributed by atoms with van der Waals surface area (Å²) >= 11 is 0. The predicted octanol–water partition coefficient (Wildman–Crippen LogP) is 4.10. The highest BCUT2D eigenvalue weighted by atomic mass is 19.4. The Morgan fingerprint density at radius 3 is 2.50 bits per heavy atom. The molecule has 0 fully saturated rings. The molecule has 1 aliphatic carbocycles. The van der Waals surface area contributed by atoms with Crippen LogP contribution in [0, 0.1) is 0 Å². The van der Waals surface area contributed by atoms with Crippen LogP contribution in [-0.2, 0) is 21.5 Å². The van der Waals surface area contributed by atoms with Crippen molar-refractivity contribution in [2.75, 3.05) is 20.3 Å². The Hall–Kier alpha value is -2.77. The van der Waals surface area contributed by atoms with Gasteiger partial charge in [0.1, 0.15) is 0 Å². The lowest BCUT2D eigenvalue weighted by Crippen LogP contribution is -2.41. The van der Waals surface area contributed by atoms with Crippen molar-refractivity contribution < 1.29 is 32.2 Å². The van der Waals surface area contributed by atoms with Crippen LogP contribution in [0.5, 0.6) is 11.5 Å². The number of amides is 1. The van der Waals surface area contributed by atoms with Gasteiger partial charge in [-0.2, -0.15) is 13.2 Å². The van der Waals surface area contributed by atoms with Crippen LogP contribution in [0.15, 0.2) is 36.4 Å². The summed E-state index contributed by atoms with van der Waals surface area (Å²) in [5.74, 6) is -1.20. The summed E-state index contributed by atoms with van der Waals surface area (Å²) in [6, 6.07) is 3.38. The van der Waals surface area contributed by atoms with E-state index in [0.717, 1.165) is 17.7 Å². The standard InChI is InChI=1S/C22H24F3NO4/c1-3-4-11-30-19-13-17-15(12-18(19)29-2)14-26(20(28)22(23,24)25)10-9-21(17)7-5-16(27)6-8-21/h5-8,12-13H,3-4,9-11,14H2,1-2H3. The van der Waals surface area contributed by atoms with Crippen LogP contribution in [0.2, 0.25) is 0 Å². The van der Waals surface area contributed by atoms with Crippen molar-refractivity contribution in [3.8, 4) is 11.5 Å². The topological polar surface area (TPSA) is 55.8 Å². The average molecular weight is 423 g/mol. The van der Waals surface area contributed by atoms with E-state index in [1.165, 1.54) is 19.3 Å². The van der Waals surface area contributed by atoms with Gasteiger partial charge in [0.25, 0.3) is 0 Å². The predicted molar refractivity (Wildman–Crippen MR) is 104 cm³/mol. The van der Waals surface area contributed by atoms with Crippen molar-refractivity contribution in [2.45, 2.75) is 44.3 Å². The number of ether oxygens (including phenoxy) is 2. The average Bonchev–Trinajstić information content (AvgIpc) is 2.86. The molecule has 8 heteroatoms. The third kappa shape index (κ3) is 4.37. The molecule has 2 aliphatic rings. The Morgan fingerprint density at radius 2 is 1.90 bits per heavy atom. The molecule has 1 aromatic rings. The first-order valence-electron chi connectivity index (χ1n) is 9.83. The molecule has 0 unspecified atom stereocenters. The molecule has 3 rings (SSSR count). The number of carbonyl (C=O) groups is 2. The van der Waals surface area contributed by atoms with Crippen LogP contribution in [-0.4, -0.2) is 43.0 Å². The highest BCUT2D eigenvalue weighted by Crippen LogP contribution is 2.44. The monoisotopic (exact) mass is 423 g/mol. The van der Waals surface area contributed by atoms with Crippen LogP contribution in [0.4, 0.5) is 13.2 Å². The number of hydrogen-bond acceptors (Lipinski definition) is 4. The minimum absolute atomic E-state index is 0.107. The molecule has 1 spiro atoms. The first-order chi connectivity index (χ1) is 14.2. The molecule has 30 heavy (non-hydrogen) atoms. The Bertz CT molecular complexity index is 873. The van der Waals surface area contributed by atoms with Crippen LogP contribution in [0.3, 0.4) is 0 Å². The number of hydrogen-bond donors (Lipinski definition) is 0. The molecule has 1 amide bonds. The highest BCUT2D eigenvalue weighted by Gasteiger charge is 2.45. The smallest absolute Gasteiger partial charge is 0.471 e. The second-order valence-electron chi connectivity index (χ2n) is 7.45. The lowest BCUT2D eigenvalue weighted by Gasteiger charge is -2.30. The van der Waals surface area contributed by atoms with Crippen molar-refractivity contribution in [3.63, 3.8) is 0 Å². The number of unbranched alkanes of at least 4 members (excludes halogenated alkanes) is 1. The minimum atomic E-state index is -4.96. The zero-order valence-electron chi connectivity index (χ0n) is 16.9. The highest BCUT2D eigenvalue weighted by molar-refractivity contribution is 6.00. The van der Waals surface area contributed by atoms with E-state index >= 15 is 0 Å². The van der Waals surface area contributed by atoms with Gasteiger partial charge in [0.15, 0.2) is 17.3 Å². The maximum Gasteiger partial charge on any atom is 0.471 e. The van der Waals surface area contributed by atoms with Crippen molar-refractivity contribution in [1.82, 2.24) is 4.90 Å². The first kappa shape index (κ1) is 21.9. The number of nitrogens with zero attached hydrogens (tertiary/aromatic N) is 1. The fourth-order valence-electron chi connectivity index (χ4n) is 3.78. The van der Waals surface area contributed by atoms with Gasteiger partial charge in [-0.05, 0) is 48.3 Å². The molecule has 1 aliphatic heterocycles. The Labute approximate surface area is 173 Å². The van der Waals surface area contributed by atoms with Gasteiger partial charge >= 0.3 is 12.1 Å². The van der Waals surface area contributed by atoms with Gasteiger partial charge in [0, 0.05) is 18.5 Å². The molecule has 0 atom stereocenters. The van der Waals surface area contributed by atoms with Gasteiger partial charge in [-0.3, -0.25) is 9.59 Å². The van der Waals surface area contributed by atoms with Crippen LogP contribution in [0.1, 0.15) is 37.3 Å². The lowest BCUT2D eigenvalue weighted by atomic mass is 9.73. The first-order valence-corrected chi connectivity index (χ1v) is 9.83. The number of alkyl halides is 3. The Kier molecular flexibility index (Phi) is 6.24. The van der Waals surface area contributed by atoms with Gasteiger partial charge in [0.05, 0.1) is 13.7 Å². The van der Waals surface area contributed by atoms with Crippen LogP contribution < -0.4 is 9.47 Å². The maximum atomic E-state index is 13.1. The second-order valence-corrected chi connectivity index (χ2v) is 7.45.